The first-order valence-corrected chi connectivity index (χ1v) is 8.93. The van der Waals surface area contributed by atoms with Crippen LogP contribution in [0.1, 0.15) is 69.4 Å². The predicted molar refractivity (Wildman–Crippen MR) is 92.5 cm³/mol. The molecule has 1 heterocycles. The van der Waals surface area contributed by atoms with Crippen LogP contribution < -0.4 is 15.8 Å². The van der Waals surface area contributed by atoms with Crippen LogP contribution in [0.5, 0.6) is 5.75 Å². The van der Waals surface area contributed by atoms with Crippen LogP contribution in [0.4, 0.5) is 5.69 Å². The van der Waals surface area contributed by atoms with Crippen LogP contribution in [0, 0.1) is 6.92 Å². The maximum absolute atomic E-state index is 6.17. The van der Waals surface area contributed by atoms with Crippen molar-refractivity contribution in [3.63, 3.8) is 0 Å². The molecule has 1 aromatic rings. The van der Waals surface area contributed by atoms with Gasteiger partial charge in [-0.3, -0.25) is 0 Å². The van der Waals surface area contributed by atoms with Crippen molar-refractivity contribution in [1.29, 1.82) is 0 Å². The summed E-state index contributed by atoms with van der Waals surface area (Å²) in [5.41, 5.74) is 9.72. The zero-order valence-electron chi connectivity index (χ0n) is 14.2. The van der Waals surface area contributed by atoms with Crippen molar-refractivity contribution in [3.8, 4) is 5.75 Å². The summed E-state index contributed by atoms with van der Waals surface area (Å²) in [7, 11) is 0. The number of benzene rings is 1. The molecule has 0 radical (unpaired) electrons. The van der Waals surface area contributed by atoms with E-state index < -0.39 is 0 Å². The van der Waals surface area contributed by atoms with Crippen molar-refractivity contribution >= 4 is 5.69 Å². The minimum Gasteiger partial charge on any atom is -0.488 e. The van der Waals surface area contributed by atoms with Crippen LogP contribution in [0.2, 0.25) is 0 Å². The van der Waals surface area contributed by atoms with Gasteiger partial charge in [-0.1, -0.05) is 13.8 Å². The van der Waals surface area contributed by atoms with E-state index in [0.717, 1.165) is 11.4 Å². The van der Waals surface area contributed by atoms with E-state index in [1.807, 2.05) is 0 Å². The van der Waals surface area contributed by atoms with Crippen LogP contribution in [0.3, 0.4) is 0 Å². The number of aryl methyl sites for hydroxylation is 1. The minimum atomic E-state index is 0.401. The molecule has 122 valence electrons. The molecule has 0 aromatic heterocycles. The number of anilines is 1. The van der Waals surface area contributed by atoms with Crippen molar-refractivity contribution < 1.29 is 4.74 Å². The van der Waals surface area contributed by atoms with Crippen LogP contribution in [-0.2, 0) is 0 Å². The number of hydrogen-bond acceptors (Lipinski definition) is 3. The molecule has 0 amide bonds. The highest BCUT2D eigenvalue weighted by Crippen LogP contribution is 2.39. The van der Waals surface area contributed by atoms with E-state index in [4.69, 9.17) is 10.5 Å². The Hall–Kier alpha value is -1.22. The van der Waals surface area contributed by atoms with Gasteiger partial charge in [0.05, 0.1) is 11.8 Å². The minimum absolute atomic E-state index is 0.401. The maximum atomic E-state index is 6.17. The molecule has 2 aliphatic rings. The lowest BCUT2D eigenvalue weighted by Crippen LogP contribution is -2.44. The van der Waals surface area contributed by atoms with E-state index in [1.54, 1.807) is 0 Å². The van der Waals surface area contributed by atoms with E-state index >= 15 is 0 Å². The number of piperidine rings is 1. The standard InChI is InChI=1S/C19H30N2O/c1-4-14-9-13(10-15(5-2)21-14)17-11-19(22-16-6-7-16)18(20)8-12(17)3/h8,11,13-16,21H,4-7,9-10,20H2,1-3H3. The first kappa shape index (κ1) is 15.7. The average molecular weight is 302 g/mol. The van der Waals surface area contributed by atoms with Crippen molar-refractivity contribution in [2.24, 2.45) is 0 Å². The van der Waals surface area contributed by atoms with Gasteiger partial charge in [0, 0.05) is 12.1 Å². The van der Waals surface area contributed by atoms with Gasteiger partial charge in [-0.15, -0.1) is 0 Å². The molecule has 3 N–H and O–H groups in total. The largest absolute Gasteiger partial charge is 0.488 e. The van der Waals surface area contributed by atoms with E-state index in [-0.39, 0.29) is 0 Å². The normalized spacial score (nSPS) is 28.6. The summed E-state index contributed by atoms with van der Waals surface area (Å²) in [5.74, 6) is 1.53. The Labute approximate surface area is 134 Å². The summed E-state index contributed by atoms with van der Waals surface area (Å²) in [6.45, 7) is 6.75. The Morgan fingerprint density at radius 2 is 1.77 bits per heavy atom. The van der Waals surface area contributed by atoms with Crippen LogP contribution >= 0.6 is 0 Å². The van der Waals surface area contributed by atoms with Gasteiger partial charge in [0.2, 0.25) is 0 Å². The van der Waals surface area contributed by atoms with Gasteiger partial charge < -0.3 is 15.8 Å². The third-order valence-electron chi connectivity index (χ3n) is 5.25. The molecule has 2 atom stereocenters. The van der Waals surface area contributed by atoms with Crippen molar-refractivity contribution in [2.45, 2.75) is 83.4 Å². The Balaban J connectivity index is 1.85. The Bertz CT molecular complexity index is 512. The van der Waals surface area contributed by atoms with Gasteiger partial charge in [0.25, 0.3) is 0 Å². The van der Waals surface area contributed by atoms with Gasteiger partial charge in [-0.2, -0.15) is 0 Å². The fourth-order valence-electron chi connectivity index (χ4n) is 3.71. The summed E-state index contributed by atoms with van der Waals surface area (Å²) in [5, 5.41) is 3.78. The summed E-state index contributed by atoms with van der Waals surface area (Å²) >= 11 is 0. The highest BCUT2D eigenvalue weighted by Gasteiger charge is 2.30. The second-order valence-electron chi connectivity index (χ2n) is 7.11. The van der Waals surface area contributed by atoms with Gasteiger partial charge in [-0.25, -0.2) is 0 Å². The third-order valence-corrected chi connectivity index (χ3v) is 5.25. The van der Waals surface area contributed by atoms with Crippen LogP contribution in [0.15, 0.2) is 12.1 Å². The van der Waals surface area contributed by atoms with Crippen molar-refractivity contribution in [1.82, 2.24) is 5.32 Å². The summed E-state index contributed by atoms with van der Waals surface area (Å²) in [6, 6.07) is 5.61. The summed E-state index contributed by atoms with van der Waals surface area (Å²) in [6.07, 6.45) is 7.59. The smallest absolute Gasteiger partial charge is 0.142 e. The number of hydrogen-bond donors (Lipinski definition) is 2. The van der Waals surface area contributed by atoms with E-state index in [1.165, 1.54) is 49.7 Å². The molecule has 0 spiro atoms. The first-order chi connectivity index (χ1) is 10.6. The van der Waals surface area contributed by atoms with Gasteiger partial charge in [0.1, 0.15) is 5.75 Å². The molecule has 2 unspecified atom stereocenters. The summed E-state index contributed by atoms with van der Waals surface area (Å²) in [4.78, 5) is 0. The number of rotatable bonds is 5. The molecule has 1 saturated heterocycles. The zero-order chi connectivity index (χ0) is 15.7. The molecule has 0 bridgehead atoms. The van der Waals surface area contributed by atoms with E-state index in [9.17, 15) is 0 Å². The topological polar surface area (TPSA) is 47.3 Å². The molecule has 1 aliphatic carbocycles. The monoisotopic (exact) mass is 302 g/mol. The van der Waals surface area contributed by atoms with Crippen molar-refractivity contribution in [3.05, 3.63) is 23.3 Å². The lowest BCUT2D eigenvalue weighted by Gasteiger charge is -2.36. The fraction of sp³-hybridized carbons (Fsp3) is 0.684. The Morgan fingerprint density at radius 1 is 1.14 bits per heavy atom. The lowest BCUT2D eigenvalue weighted by atomic mass is 9.80. The number of ether oxygens (including phenoxy) is 1. The molecule has 3 heteroatoms. The average Bonchev–Trinajstić information content (AvgIpc) is 3.33. The second kappa shape index (κ2) is 6.49. The molecule has 1 aromatic carbocycles. The van der Waals surface area contributed by atoms with Gasteiger partial charge >= 0.3 is 0 Å². The number of nitrogens with one attached hydrogen (secondary N) is 1. The molecule has 1 saturated carbocycles. The first-order valence-electron chi connectivity index (χ1n) is 8.93. The molecule has 22 heavy (non-hydrogen) atoms. The van der Waals surface area contributed by atoms with Crippen LogP contribution in [-0.4, -0.2) is 18.2 Å². The number of nitrogens with two attached hydrogens (primary N) is 1. The molecular weight excluding hydrogens is 272 g/mol. The maximum Gasteiger partial charge on any atom is 0.142 e. The zero-order valence-corrected chi connectivity index (χ0v) is 14.2. The third kappa shape index (κ3) is 3.40. The predicted octanol–water partition coefficient (Wildman–Crippen LogP) is 4.14. The Kier molecular flexibility index (Phi) is 4.62. The molecular formula is C19H30N2O. The summed E-state index contributed by atoms with van der Waals surface area (Å²) < 4.78 is 6.01. The van der Waals surface area contributed by atoms with E-state index in [2.05, 4.69) is 38.2 Å². The molecule has 1 aliphatic heterocycles. The van der Waals surface area contributed by atoms with E-state index in [0.29, 0.717) is 24.1 Å². The van der Waals surface area contributed by atoms with Gasteiger partial charge in [0.15, 0.2) is 0 Å². The fourth-order valence-corrected chi connectivity index (χ4v) is 3.71. The van der Waals surface area contributed by atoms with Crippen LogP contribution in [0.25, 0.3) is 0 Å². The number of nitrogen functional groups attached to an aromatic ring is 1. The van der Waals surface area contributed by atoms with Gasteiger partial charge in [-0.05, 0) is 74.6 Å². The lowest BCUT2D eigenvalue weighted by molar-refractivity contribution is 0.276. The highest BCUT2D eigenvalue weighted by molar-refractivity contribution is 5.57. The van der Waals surface area contributed by atoms with Crippen molar-refractivity contribution in [2.75, 3.05) is 5.73 Å². The highest BCUT2D eigenvalue weighted by atomic mass is 16.5. The SMILES string of the molecule is CCC1CC(c2cc(OC3CC3)c(N)cc2C)CC(CC)N1. The Morgan fingerprint density at radius 3 is 2.32 bits per heavy atom. The second-order valence-corrected chi connectivity index (χ2v) is 7.11. The molecule has 3 nitrogen and oxygen atoms in total. The molecule has 3 rings (SSSR count). The quantitative estimate of drug-likeness (QED) is 0.804. The molecule has 2 fully saturated rings.